The minimum atomic E-state index is -0.607. The standard InChI is InChI=1S/C18H19NO4/c1-12(20)17(10-13-2-6-15(21)7-3-13)19-18(23)11-14-4-8-16(22)9-5-14/h2-9,17,21-22H,10-11H2,1H3,(H,19,23). The number of hydrogen-bond donors (Lipinski definition) is 3. The number of rotatable bonds is 6. The van der Waals surface area contributed by atoms with E-state index in [0.717, 1.165) is 11.1 Å². The van der Waals surface area contributed by atoms with Crippen molar-refractivity contribution in [2.75, 3.05) is 0 Å². The van der Waals surface area contributed by atoms with E-state index in [2.05, 4.69) is 5.32 Å². The molecule has 0 aliphatic carbocycles. The predicted octanol–water partition coefficient (Wildman–Crippen LogP) is 1.96. The number of phenolic OH excluding ortho intramolecular Hbond substituents is 2. The topological polar surface area (TPSA) is 86.6 Å². The van der Waals surface area contributed by atoms with Crippen molar-refractivity contribution in [3.8, 4) is 11.5 Å². The smallest absolute Gasteiger partial charge is 0.225 e. The van der Waals surface area contributed by atoms with Crippen molar-refractivity contribution in [1.82, 2.24) is 5.32 Å². The number of aromatic hydroxyl groups is 2. The number of carbonyl (C=O) groups excluding carboxylic acids is 2. The molecule has 0 bridgehead atoms. The van der Waals surface area contributed by atoms with E-state index in [1.165, 1.54) is 19.1 Å². The number of hydrogen-bond acceptors (Lipinski definition) is 4. The van der Waals surface area contributed by atoms with Crippen LogP contribution in [0.5, 0.6) is 11.5 Å². The molecular weight excluding hydrogens is 294 g/mol. The van der Waals surface area contributed by atoms with E-state index in [0.29, 0.717) is 6.42 Å². The molecular formula is C18H19NO4. The summed E-state index contributed by atoms with van der Waals surface area (Å²) >= 11 is 0. The van der Waals surface area contributed by atoms with Crippen molar-refractivity contribution in [2.45, 2.75) is 25.8 Å². The minimum absolute atomic E-state index is 0.128. The van der Waals surface area contributed by atoms with E-state index < -0.39 is 6.04 Å². The maximum Gasteiger partial charge on any atom is 0.225 e. The quantitative estimate of drug-likeness (QED) is 0.761. The molecule has 3 N–H and O–H groups in total. The monoisotopic (exact) mass is 313 g/mol. The third kappa shape index (κ3) is 5.14. The summed E-state index contributed by atoms with van der Waals surface area (Å²) in [7, 11) is 0. The van der Waals surface area contributed by atoms with Gasteiger partial charge in [-0.25, -0.2) is 0 Å². The highest BCUT2D eigenvalue weighted by molar-refractivity contribution is 5.88. The van der Waals surface area contributed by atoms with Gasteiger partial charge in [0.1, 0.15) is 11.5 Å². The van der Waals surface area contributed by atoms with Gasteiger partial charge in [-0.05, 0) is 48.7 Å². The van der Waals surface area contributed by atoms with Crippen LogP contribution >= 0.6 is 0 Å². The fourth-order valence-electron chi connectivity index (χ4n) is 2.21. The Morgan fingerprint density at radius 3 is 1.87 bits per heavy atom. The number of benzene rings is 2. The van der Waals surface area contributed by atoms with Gasteiger partial charge in [0, 0.05) is 0 Å². The average molecular weight is 313 g/mol. The number of phenols is 2. The summed E-state index contributed by atoms with van der Waals surface area (Å²) in [5, 5.41) is 21.2. The van der Waals surface area contributed by atoms with Crippen molar-refractivity contribution in [3.63, 3.8) is 0 Å². The molecule has 23 heavy (non-hydrogen) atoms. The van der Waals surface area contributed by atoms with Gasteiger partial charge in [0.25, 0.3) is 0 Å². The van der Waals surface area contributed by atoms with Crippen LogP contribution in [0.15, 0.2) is 48.5 Å². The maximum absolute atomic E-state index is 12.1. The van der Waals surface area contributed by atoms with Crippen molar-refractivity contribution < 1.29 is 19.8 Å². The first kappa shape index (κ1) is 16.5. The van der Waals surface area contributed by atoms with E-state index >= 15 is 0 Å². The first-order chi connectivity index (χ1) is 10.9. The fraction of sp³-hybridized carbons (Fsp3) is 0.222. The predicted molar refractivity (Wildman–Crippen MR) is 86.2 cm³/mol. The molecule has 5 nitrogen and oxygen atoms in total. The van der Waals surface area contributed by atoms with Crippen LogP contribution in [0, 0.1) is 0 Å². The van der Waals surface area contributed by atoms with E-state index in [9.17, 15) is 19.8 Å². The van der Waals surface area contributed by atoms with Gasteiger partial charge in [0.15, 0.2) is 5.78 Å². The van der Waals surface area contributed by atoms with Gasteiger partial charge in [-0.15, -0.1) is 0 Å². The molecule has 0 saturated carbocycles. The molecule has 5 heteroatoms. The van der Waals surface area contributed by atoms with Crippen LogP contribution in [0.1, 0.15) is 18.1 Å². The van der Waals surface area contributed by atoms with Crippen molar-refractivity contribution in [1.29, 1.82) is 0 Å². The molecule has 2 rings (SSSR count). The zero-order chi connectivity index (χ0) is 16.8. The van der Waals surface area contributed by atoms with Gasteiger partial charge in [-0.2, -0.15) is 0 Å². The Morgan fingerprint density at radius 2 is 1.39 bits per heavy atom. The van der Waals surface area contributed by atoms with E-state index in [1.807, 2.05) is 0 Å². The number of Topliss-reactive ketones (excluding diaryl/α,β-unsaturated/α-hetero) is 1. The van der Waals surface area contributed by atoms with Crippen molar-refractivity contribution in [3.05, 3.63) is 59.7 Å². The largest absolute Gasteiger partial charge is 0.508 e. The van der Waals surface area contributed by atoms with Gasteiger partial charge < -0.3 is 15.5 Å². The summed E-state index contributed by atoms with van der Waals surface area (Å²) < 4.78 is 0. The Morgan fingerprint density at radius 1 is 0.913 bits per heavy atom. The molecule has 0 radical (unpaired) electrons. The van der Waals surface area contributed by atoms with Gasteiger partial charge >= 0.3 is 0 Å². The lowest BCUT2D eigenvalue weighted by Gasteiger charge is -2.16. The highest BCUT2D eigenvalue weighted by atomic mass is 16.3. The van der Waals surface area contributed by atoms with E-state index in [-0.39, 0.29) is 29.6 Å². The van der Waals surface area contributed by atoms with Gasteiger partial charge in [0.05, 0.1) is 12.5 Å². The van der Waals surface area contributed by atoms with E-state index in [4.69, 9.17) is 0 Å². The molecule has 0 aliphatic heterocycles. The summed E-state index contributed by atoms with van der Waals surface area (Å²) in [6.45, 7) is 1.44. The lowest BCUT2D eigenvalue weighted by atomic mass is 10.0. The first-order valence-electron chi connectivity index (χ1n) is 7.29. The minimum Gasteiger partial charge on any atom is -0.508 e. The Hall–Kier alpha value is -2.82. The Balaban J connectivity index is 1.98. The lowest BCUT2D eigenvalue weighted by Crippen LogP contribution is -2.42. The highest BCUT2D eigenvalue weighted by Gasteiger charge is 2.17. The maximum atomic E-state index is 12.1. The molecule has 1 unspecified atom stereocenters. The molecule has 0 heterocycles. The zero-order valence-corrected chi connectivity index (χ0v) is 12.8. The number of ketones is 1. The van der Waals surface area contributed by atoms with Crippen LogP contribution in [0.3, 0.4) is 0 Å². The van der Waals surface area contributed by atoms with Crippen LogP contribution in [0.25, 0.3) is 0 Å². The molecule has 2 aromatic rings. The summed E-state index contributed by atoms with van der Waals surface area (Å²) in [6, 6.07) is 12.3. The van der Waals surface area contributed by atoms with Gasteiger partial charge in [-0.3, -0.25) is 9.59 Å². The summed E-state index contributed by atoms with van der Waals surface area (Å²) in [5.74, 6) is -0.0839. The van der Waals surface area contributed by atoms with Gasteiger partial charge in [-0.1, -0.05) is 24.3 Å². The SMILES string of the molecule is CC(=O)C(Cc1ccc(O)cc1)NC(=O)Cc1ccc(O)cc1. The molecule has 0 spiro atoms. The molecule has 1 atom stereocenters. The summed E-state index contributed by atoms with van der Waals surface area (Å²) in [5.41, 5.74) is 1.61. The first-order valence-corrected chi connectivity index (χ1v) is 7.29. The summed E-state index contributed by atoms with van der Waals surface area (Å²) in [6.07, 6.45) is 0.510. The third-order valence-corrected chi connectivity index (χ3v) is 3.50. The second-order valence-electron chi connectivity index (χ2n) is 5.44. The highest BCUT2D eigenvalue weighted by Crippen LogP contribution is 2.13. The van der Waals surface area contributed by atoms with Crippen LogP contribution in [0.4, 0.5) is 0 Å². The Bertz CT molecular complexity index is 677. The number of amides is 1. The van der Waals surface area contributed by atoms with E-state index in [1.54, 1.807) is 36.4 Å². The normalized spacial score (nSPS) is 11.7. The lowest BCUT2D eigenvalue weighted by molar-refractivity contribution is -0.126. The third-order valence-electron chi connectivity index (χ3n) is 3.50. The number of carbonyl (C=O) groups is 2. The van der Waals surface area contributed by atoms with Crippen molar-refractivity contribution in [2.24, 2.45) is 0 Å². The van der Waals surface area contributed by atoms with Crippen LogP contribution in [0.2, 0.25) is 0 Å². The zero-order valence-electron chi connectivity index (χ0n) is 12.8. The second kappa shape index (κ2) is 7.45. The summed E-state index contributed by atoms with van der Waals surface area (Å²) in [4.78, 5) is 23.8. The molecule has 120 valence electrons. The molecule has 1 amide bonds. The molecule has 0 fully saturated rings. The van der Waals surface area contributed by atoms with Crippen LogP contribution in [-0.2, 0) is 22.4 Å². The van der Waals surface area contributed by atoms with Crippen LogP contribution < -0.4 is 5.32 Å². The molecule has 0 saturated heterocycles. The average Bonchev–Trinajstić information content (AvgIpc) is 2.51. The molecule has 2 aromatic carbocycles. The molecule has 0 aromatic heterocycles. The van der Waals surface area contributed by atoms with Crippen LogP contribution in [-0.4, -0.2) is 27.9 Å². The van der Waals surface area contributed by atoms with Crippen molar-refractivity contribution >= 4 is 11.7 Å². The fourth-order valence-corrected chi connectivity index (χ4v) is 2.21. The number of nitrogens with one attached hydrogen (secondary N) is 1. The Labute approximate surface area is 134 Å². The molecule has 0 aliphatic rings. The van der Waals surface area contributed by atoms with Gasteiger partial charge in [0.2, 0.25) is 5.91 Å². The second-order valence-corrected chi connectivity index (χ2v) is 5.44. The Kier molecular flexibility index (Phi) is 5.36.